The number of thiazole rings is 1. The number of hydrogen-bond acceptors (Lipinski definition) is 3. The van der Waals surface area contributed by atoms with Crippen LogP contribution in [0.4, 0.5) is 0 Å². The van der Waals surface area contributed by atoms with Gasteiger partial charge in [0, 0.05) is 24.3 Å². The summed E-state index contributed by atoms with van der Waals surface area (Å²) < 4.78 is 6.98. The van der Waals surface area contributed by atoms with Crippen LogP contribution in [0.2, 0.25) is 0 Å². The zero-order chi connectivity index (χ0) is 13.2. The minimum Gasteiger partial charge on any atom is -0.378 e. The van der Waals surface area contributed by atoms with Gasteiger partial charge in [-0.3, -0.25) is 0 Å². The summed E-state index contributed by atoms with van der Waals surface area (Å²) in [6.07, 6.45) is 3.31. The quantitative estimate of drug-likeness (QED) is 0.786. The molecule has 1 fully saturated rings. The first kappa shape index (κ1) is 13.3. The van der Waals surface area contributed by atoms with Crippen molar-refractivity contribution in [1.29, 1.82) is 0 Å². The van der Waals surface area contributed by atoms with Crippen LogP contribution in [0, 0.1) is 5.92 Å². The van der Waals surface area contributed by atoms with Crippen molar-refractivity contribution in [3.63, 3.8) is 0 Å². The lowest BCUT2D eigenvalue weighted by Gasteiger charge is -2.21. The number of ether oxygens (including phenoxy) is 1. The number of alkyl halides is 1. The lowest BCUT2D eigenvalue weighted by molar-refractivity contribution is 0.0865. The molecule has 102 valence electrons. The number of fused-ring (bicyclic) bond motifs is 1. The molecule has 19 heavy (non-hydrogen) atoms. The van der Waals surface area contributed by atoms with Crippen molar-refractivity contribution in [3.8, 4) is 0 Å². The molecule has 1 aliphatic heterocycles. The third kappa shape index (κ3) is 2.78. The van der Waals surface area contributed by atoms with Crippen LogP contribution in [0.25, 0.3) is 10.2 Å². The summed E-state index contributed by atoms with van der Waals surface area (Å²) in [5, 5.41) is 1.27. The summed E-state index contributed by atoms with van der Waals surface area (Å²) in [5.41, 5.74) is 1.08. The van der Waals surface area contributed by atoms with Crippen LogP contribution in [0.5, 0.6) is 0 Å². The molecule has 0 saturated carbocycles. The third-order valence-electron chi connectivity index (χ3n) is 3.84. The van der Waals surface area contributed by atoms with Crippen LogP contribution in [-0.4, -0.2) is 23.1 Å². The number of hydrogen-bond donors (Lipinski definition) is 0. The van der Waals surface area contributed by atoms with Crippen molar-refractivity contribution in [2.24, 2.45) is 5.92 Å². The van der Waals surface area contributed by atoms with E-state index in [1.54, 1.807) is 11.3 Å². The third-order valence-corrected chi connectivity index (χ3v) is 5.37. The largest absolute Gasteiger partial charge is 0.378 e. The second-order valence-electron chi connectivity index (χ2n) is 5.07. The molecule has 0 N–H and O–H groups in total. The zero-order valence-corrected chi connectivity index (χ0v) is 12.6. The molecule has 1 saturated heterocycles. The van der Waals surface area contributed by atoms with E-state index in [2.05, 4.69) is 30.1 Å². The lowest BCUT2D eigenvalue weighted by atomic mass is 9.94. The van der Waals surface area contributed by atoms with Gasteiger partial charge >= 0.3 is 0 Å². The van der Waals surface area contributed by atoms with Gasteiger partial charge in [-0.1, -0.05) is 19.1 Å². The van der Waals surface area contributed by atoms with Crippen LogP contribution in [0.1, 0.15) is 24.8 Å². The van der Waals surface area contributed by atoms with Gasteiger partial charge in [0.25, 0.3) is 0 Å². The highest BCUT2D eigenvalue weighted by atomic mass is 35.5. The number of halogens is 1. The molecule has 0 bridgehead atoms. The molecule has 0 aliphatic carbocycles. The first-order chi connectivity index (χ1) is 9.28. The predicted molar refractivity (Wildman–Crippen MR) is 81.1 cm³/mol. The first-order valence-electron chi connectivity index (χ1n) is 6.88. The molecule has 1 aromatic carbocycles. The lowest BCUT2D eigenvalue weighted by Crippen LogP contribution is -2.25. The van der Waals surface area contributed by atoms with Crippen LogP contribution in [0.3, 0.4) is 0 Å². The minimum absolute atomic E-state index is 0.132. The van der Waals surface area contributed by atoms with Crippen molar-refractivity contribution in [3.05, 3.63) is 29.3 Å². The number of para-hydroxylation sites is 1. The Morgan fingerprint density at radius 2 is 2.32 bits per heavy atom. The van der Waals surface area contributed by atoms with Gasteiger partial charge in [-0.05, 0) is 25.0 Å². The minimum atomic E-state index is 0.132. The Balaban J connectivity index is 1.73. The van der Waals surface area contributed by atoms with Crippen LogP contribution >= 0.6 is 22.9 Å². The average molecular weight is 296 g/mol. The molecule has 3 unspecified atom stereocenters. The van der Waals surface area contributed by atoms with Crippen molar-refractivity contribution in [1.82, 2.24) is 4.98 Å². The highest BCUT2D eigenvalue weighted by molar-refractivity contribution is 7.18. The van der Waals surface area contributed by atoms with E-state index in [-0.39, 0.29) is 5.38 Å². The molecule has 2 nitrogen and oxygen atoms in total. The van der Waals surface area contributed by atoms with E-state index in [1.807, 2.05) is 6.07 Å². The Morgan fingerprint density at radius 3 is 3.11 bits per heavy atom. The van der Waals surface area contributed by atoms with E-state index in [1.165, 1.54) is 4.70 Å². The molecule has 1 aliphatic rings. The van der Waals surface area contributed by atoms with E-state index >= 15 is 0 Å². The van der Waals surface area contributed by atoms with Crippen molar-refractivity contribution in [2.75, 3.05) is 6.61 Å². The fourth-order valence-corrected chi connectivity index (χ4v) is 4.38. The molecule has 0 amide bonds. The van der Waals surface area contributed by atoms with Gasteiger partial charge < -0.3 is 4.74 Å². The maximum atomic E-state index is 6.61. The van der Waals surface area contributed by atoms with Gasteiger partial charge in [0.2, 0.25) is 0 Å². The predicted octanol–water partition coefficient (Wildman–Crippen LogP) is 4.26. The standard InChI is InChI=1S/C15H18ClNOS/c1-2-13-10(7-8-18-13)11(16)9-15-17-12-5-3-4-6-14(12)19-15/h3-6,10-11,13H,2,7-9H2,1H3. The van der Waals surface area contributed by atoms with Gasteiger partial charge in [0.05, 0.1) is 21.3 Å². The number of rotatable bonds is 4. The fourth-order valence-electron chi connectivity index (χ4n) is 2.82. The summed E-state index contributed by atoms with van der Waals surface area (Å²) in [6.45, 7) is 3.02. The van der Waals surface area contributed by atoms with E-state index in [4.69, 9.17) is 16.3 Å². The smallest absolute Gasteiger partial charge is 0.0953 e. The van der Waals surface area contributed by atoms with Gasteiger partial charge in [0.1, 0.15) is 0 Å². The van der Waals surface area contributed by atoms with Gasteiger partial charge in [0.15, 0.2) is 0 Å². The van der Waals surface area contributed by atoms with E-state index in [0.29, 0.717) is 12.0 Å². The molecular weight excluding hydrogens is 278 g/mol. The average Bonchev–Trinajstić information content (AvgIpc) is 3.03. The molecule has 3 atom stereocenters. The summed E-state index contributed by atoms with van der Waals surface area (Å²) in [5.74, 6) is 0.471. The van der Waals surface area contributed by atoms with Gasteiger partial charge in [-0.15, -0.1) is 22.9 Å². The fraction of sp³-hybridized carbons (Fsp3) is 0.533. The second kappa shape index (κ2) is 5.78. The Bertz CT molecular complexity index is 523. The molecule has 3 rings (SSSR count). The first-order valence-corrected chi connectivity index (χ1v) is 8.13. The SMILES string of the molecule is CCC1OCCC1C(Cl)Cc1nc2ccccc2s1. The maximum absolute atomic E-state index is 6.61. The highest BCUT2D eigenvalue weighted by Gasteiger charge is 2.33. The zero-order valence-electron chi connectivity index (χ0n) is 11.0. The summed E-state index contributed by atoms with van der Waals surface area (Å²) in [6, 6.07) is 8.27. The number of benzene rings is 1. The van der Waals surface area contributed by atoms with Gasteiger partial charge in [-0.2, -0.15) is 0 Å². The molecule has 4 heteroatoms. The number of nitrogens with zero attached hydrogens (tertiary/aromatic N) is 1. The Kier molecular flexibility index (Phi) is 4.06. The molecule has 0 spiro atoms. The molecule has 1 aromatic heterocycles. The van der Waals surface area contributed by atoms with Crippen molar-refractivity contribution < 1.29 is 4.74 Å². The molecular formula is C15H18ClNOS. The Hall–Kier alpha value is -0.640. The molecule has 0 radical (unpaired) electrons. The molecule has 2 heterocycles. The van der Waals surface area contributed by atoms with E-state index in [0.717, 1.165) is 36.4 Å². The monoisotopic (exact) mass is 295 g/mol. The normalized spacial score (nSPS) is 24.9. The van der Waals surface area contributed by atoms with Gasteiger partial charge in [-0.25, -0.2) is 4.98 Å². The van der Waals surface area contributed by atoms with E-state index < -0.39 is 0 Å². The number of aromatic nitrogens is 1. The van der Waals surface area contributed by atoms with Crippen LogP contribution < -0.4 is 0 Å². The topological polar surface area (TPSA) is 22.1 Å². The second-order valence-corrected chi connectivity index (χ2v) is 6.74. The van der Waals surface area contributed by atoms with Crippen LogP contribution in [0.15, 0.2) is 24.3 Å². The van der Waals surface area contributed by atoms with E-state index in [9.17, 15) is 0 Å². The Morgan fingerprint density at radius 1 is 1.47 bits per heavy atom. The Labute approximate surface area is 122 Å². The maximum Gasteiger partial charge on any atom is 0.0953 e. The molecule has 2 aromatic rings. The van der Waals surface area contributed by atoms with Crippen molar-refractivity contribution >= 4 is 33.2 Å². The summed E-state index contributed by atoms with van der Waals surface area (Å²) >= 11 is 8.37. The highest BCUT2D eigenvalue weighted by Crippen LogP contribution is 2.32. The van der Waals surface area contributed by atoms with Crippen molar-refractivity contribution in [2.45, 2.75) is 37.7 Å². The summed E-state index contributed by atoms with van der Waals surface area (Å²) in [4.78, 5) is 4.67. The van der Waals surface area contributed by atoms with Crippen LogP contribution in [-0.2, 0) is 11.2 Å². The summed E-state index contributed by atoms with van der Waals surface area (Å²) in [7, 11) is 0.